The van der Waals surface area contributed by atoms with E-state index in [9.17, 15) is 0 Å². The third-order valence-electron chi connectivity index (χ3n) is 2.88. The summed E-state index contributed by atoms with van der Waals surface area (Å²) in [5, 5.41) is 0. The van der Waals surface area contributed by atoms with E-state index >= 15 is 0 Å². The van der Waals surface area contributed by atoms with Crippen molar-refractivity contribution in [3.63, 3.8) is 0 Å². The zero-order chi connectivity index (χ0) is 11.7. The van der Waals surface area contributed by atoms with Gasteiger partial charge in [0.05, 0.1) is 30.1 Å². The molecule has 17 heavy (non-hydrogen) atoms. The second-order valence-electron chi connectivity index (χ2n) is 4.09. The summed E-state index contributed by atoms with van der Waals surface area (Å²) >= 11 is 1.76. The van der Waals surface area contributed by atoms with Crippen molar-refractivity contribution in [3.8, 4) is 0 Å². The van der Waals surface area contributed by atoms with Gasteiger partial charge >= 0.3 is 0 Å². The first kappa shape index (κ1) is 10.5. The van der Waals surface area contributed by atoms with Gasteiger partial charge in [-0.3, -0.25) is 8.61 Å². The minimum Gasteiger partial charge on any atom is -0.300 e. The predicted molar refractivity (Wildman–Crippen MR) is 75.1 cm³/mol. The smallest absolute Gasteiger partial charge is 0.0732 e. The van der Waals surface area contributed by atoms with Gasteiger partial charge in [-0.25, -0.2) is 0 Å². The Labute approximate surface area is 106 Å². The van der Waals surface area contributed by atoms with Crippen molar-refractivity contribution < 1.29 is 0 Å². The van der Waals surface area contributed by atoms with Gasteiger partial charge in [0.25, 0.3) is 0 Å². The number of anilines is 2. The van der Waals surface area contributed by atoms with Crippen LogP contribution in [0.25, 0.3) is 0 Å². The molecule has 0 radical (unpaired) electrons. The lowest BCUT2D eigenvalue weighted by Crippen LogP contribution is -2.12. The molecule has 0 unspecified atom stereocenters. The monoisotopic (exact) mass is 242 g/mol. The van der Waals surface area contributed by atoms with E-state index < -0.39 is 0 Å². The average molecular weight is 242 g/mol. The fourth-order valence-electron chi connectivity index (χ4n) is 2.04. The molecular formula is C14H14N2S. The molecule has 0 saturated heterocycles. The molecular weight excluding hydrogens is 228 g/mol. The molecule has 1 heterocycles. The Morgan fingerprint density at radius 3 is 2.29 bits per heavy atom. The standard InChI is InChI=1S/C14H14N2S/c1-15-13-9-5-6-10-14(13)16(17-15)11-12-7-3-2-4-8-12/h2-10H,11H2,1H3. The maximum absolute atomic E-state index is 2.32. The minimum absolute atomic E-state index is 0.937. The molecule has 0 bridgehead atoms. The number of rotatable bonds is 2. The number of benzene rings is 2. The first-order valence-corrected chi connectivity index (χ1v) is 6.40. The summed E-state index contributed by atoms with van der Waals surface area (Å²) < 4.78 is 4.53. The molecule has 0 spiro atoms. The van der Waals surface area contributed by atoms with Crippen molar-refractivity contribution in [1.82, 2.24) is 0 Å². The highest BCUT2D eigenvalue weighted by Gasteiger charge is 2.23. The molecule has 0 atom stereocenters. The van der Waals surface area contributed by atoms with Gasteiger partial charge in [-0.15, -0.1) is 0 Å². The van der Waals surface area contributed by atoms with E-state index in [0.29, 0.717) is 0 Å². The van der Waals surface area contributed by atoms with E-state index in [-0.39, 0.29) is 0 Å². The Bertz CT molecular complexity index is 513. The molecule has 1 aliphatic rings. The Balaban J connectivity index is 1.87. The largest absolute Gasteiger partial charge is 0.300 e. The molecule has 0 amide bonds. The first-order valence-electron chi connectivity index (χ1n) is 5.67. The van der Waals surface area contributed by atoms with Gasteiger partial charge in [0.2, 0.25) is 0 Å². The molecule has 0 fully saturated rings. The van der Waals surface area contributed by atoms with Gasteiger partial charge in [0.1, 0.15) is 0 Å². The van der Waals surface area contributed by atoms with Crippen molar-refractivity contribution in [2.75, 3.05) is 15.7 Å². The van der Waals surface area contributed by atoms with E-state index in [1.165, 1.54) is 16.9 Å². The van der Waals surface area contributed by atoms with Gasteiger partial charge in [-0.2, -0.15) is 0 Å². The quantitative estimate of drug-likeness (QED) is 0.741. The molecule has 0 aliphatic carbocycles. The topological polar surface area (TPSA) is 6.48 Å². The SMILES string of the molecule is CN1SN(Cc2ccccc2)c2ccccc21. The first-order chi connectivity index (χ1) is 8.34. The van der Waals surface area contributed by atoms with Crippen LogP contribution in [0, 0.1) is 0 Å². The summed E-state index contributed by atoms with van der Waals surface area (Å²) in [6.07, 6.45) is 0. The van der Waals surface area contributed by atoms with Crippen LogP contribution in [0.2, 0.25) is 0 Å². The Hall–Kier alpha value is -1.61. The molecule has 2 nitrogen and oxygen atoms in total. The number of hydrogen-bond donors (Lipinski definition) is 0. The van der Waals surface area contributed by atoms with Gasteiger partial charge < -0.3 is 0 Å². The summed E-state index contributed by atoms with van der Waals surface area (Å²) in [5.74, 6) is 0. The van der Waals surface area contributed by atoms with Crippen molar-refractivity contribution in [1.29, 1.82) is 0 Å². The Kier molecular flexibility index (Phi) is 2.69. The van der Waals surface area contributed by atoms with E-state index in [1.54, 1.807) is 12.1 Å². The second kappa shape index (κ2) is 4.34. The molecule has 1 aliphatic heterocycles. The summed E-state index contributed by atoms with van der Waals surface area (Å²) in [4.78, 5) is 0. The highest BCUT2D eigenvalue weighted by atomic mass is 32.2. The maximum Gasteiger partial charge on any atom is 0.0732 e. The predicted octanol–water partition coefficient (Wildman–Crippen LogP) is 3.71. The zero-order valence-electron chi connectivity index (χ0n) is 9.71. The minimum atomic E-state index is 0.937. The number of para-hydroxylation sites is 2. The van der Waals surface area contributed by atoms with Gasteiger partial charge in [-0.05, 0) is 17.7 Å². The Morgan fingerprint density at radius 1 is 0.882 bits per heavy atom. The summed E-state index contributed by atoms with van der Waals surface area (Å²) in [5.41, 5.74) is 3.92. The van der Waals surface area contributed by atoms with Crippen molar-refractivity contribution in [2.24, 2.45) is 0 Å². The van der Waals surface area contributed by atoms with Gasteiger partial charge in [0.15, 0.2) is 0 Å². The second-order valence-corrected chi connectivity index (χ2v) is 5.24. The number of nitrogens with zero attached hydrogens (tertiary/aromatic N) is 2. The molecule has 2 aromatic rings. The highest BCUT2D eigenvalue weighted by Crippen LogP contribution is 2.43. The third-order valence-corrected chi connectivity index (χ3v) is 3.84. The van der Waals surface area contributed by atoms with Crippen molar-refractivity contribution in [2.45, 2.75) is 6.54 Å². The normalized spacial score (nSPS) is 13.9. The zero-order valence-corrected chi connectivity index (χ0v) is 10.5. The van der Waals surface area contributed by atoms with Crippen LogP contribution in [-0.2, 0) is 6.54 Å². The van der Waals surface area contributed by atoms with Crippen LogP contribution < -0.4 is 8.61 Å². The lowest BCUT2D eigenvalue weighted by atomic mass is 10.2. The summed E-state index contributed by atoms with van der Waals surface area (Å²) in [6.45, 7) is 0.937. The number of hydrogen-bond acceptors (Lipinski definition) is 3. The average Bonchev–Trinajstić information content (AvgIpc) is 2.69. The molecule has 0 saturated carbocycles. The van der Waals surface area contributed by atoms with E-state index in [1.807, 2.05) is 0 Å². The van der Waals surface area contributed by atoms with E-state index in [2.05, 4.69) is 70.3 Å². The van der Waals surface area contributed by atoms with Gasteiger partial charge in [0, 0.05) is 7.05 Å². The fourth-order valence-corrected chi connectivity index (χ4v) is 3.03. The fraction of sp³-hybridized carbons (Fsp3) is 0.143. The Morgan fingerprint density at radius 2 is 1.53 bits per heavy atom. The molecule has 0 N–H and O–H groups in total. The maximum atomic E-state index is 2.32. The molecule has 3 heteroatoms. The lowest BCUT2D eigenvalue weighted by molar-refractivity contribution is 1.07. The highest BCUT2D eigenvalue weighted by molar-refractivity contribution is 8.02. The number of fused-ring (bicyclic) bond motifs is 1. The summed E-state index contributed by atoms with van der Waals surface area (Å²) in [7, 11) is 2.11. The third kappa shape index (κ3) is 1.98. The van der Waals surface area contributed by atoms with Crippen LogP contribution in [0.3, 0.4) is 0 Å². The summed E-state index contributed by atoms with van der Waals surface area (Å²) in [6, 6.07) is 19.1. The van der Waals surface area contributed by atoms with Crippen molar-refractivity contribution in [3.05, 3.63) is 60.2 Å². The molecule has 2 aromatic carbocycles. The van der Waals surface area contributed by atoms with Crippen LogP contribution in [0.1, 0.15) is 5.56 Å². The van der Waals surface area contributed by atoms with E-state index in [0.717, 1.165) is 6.54 Å². The van der Waals surface area contributed by atoms with E-state index in [4.69, 9.17) is 0 Å². The van der Waals surface area contributed by atoms with Crippen LogP contribution >= 0.6 is 12.1 Å². The molecule has 0 aromatic heterocycles. The molecule has 86 valence electrons. The van der Waals surface area contributed by atoms with Crippen LogP contribution in [0.4, 0.5) is 11.4 Å². The van der Waals surface area contributed by atoms with Crippen LogP contribution in [0.15, 0.2) is 54.6 Å². The van der Waals surface area contributed by atoms with Crippen LogP contribution in [0.5, 0.6) is 0 Å². The lowest BCUT2D eigenvalue weighted by Gasteiger charge is -2.16. The van der Waals surface area contributed by atoms with Gasteiger partial charge in [-0.1, -0.05) is 42.5 Å². The van der Waals surface area contributed by atoms with Crippen LogP contribution in [-0.4, -0.2) is 7.05 Å². The molecule has 3 rings (SSSR count). The van der Waals surface area contributed by atoms with Crippen molar-refractivity contribution >= 4 is 23.5 Å².